The molecule has 1 amide bonds. The third-order valence-corrected chi connectivity index (χ3v) is 3.87. The van der Waals surface area contributed by atoms with Crippen molar-refractivity contribution in [1.29, 1.82) is 0 Å². The molecular weight excluding hydrogens is 385 g/mol. The number of aryl methyl sites for hydroxylation is 1. The van der Waals surface area contributed by atoms with E-state index in [0.29, 0.717) is 11.3 Å². The topological polar surface area (TPSA) is 125 Å². The highest BCUT2D eigenvalue weighted by Gasteiger charge is 2.17. The van der Waals surface area contributed by atoms with Crippen LogP contribution in [-0.2, 0) is 9.53 Å². The van der Waals surface area contributed by atoms with Gasteiger partial charge in [-0.25, -0.2) is 4.79 Å². The Morgan fingerprint density at radius 3 is 2.58 bits per heavy atom. The molecule has 0 aromatic heterocycles. The monoisotopic (exact) mass is 397 g/mol. The first-order valence-corrected chi connectivity index (χ1v) is 7.91. The Bertz CT molecular complexity index is 902. The van der Waals surface area contributed by atoms with E-state index in [1.54, 1.807) is 6.92 Å². The van der Waals surface area contributed by atoms with Gasteiger partial charge in [-0.1, -0.05) is 23.2 Å². The number of carbonyl (C=O) groups is 2. The molecule has 0 heterocycles. The minimum Gasteiger partial charge on any atom is -0.452 e. The summed E-state index contributed by atoms with van der Waals surface area (Å²) < 4.78 is 4.90. The molecule has 2 aromatic carbocycles. The summed E-state index contributed by atoms with van der Waals surface area (Å²) in [6, 6.07) is 6.62. The van der Waals surface area contributed by atoms with Gasteiger partial charge in [0.05, 0.1) is 21.2 Å². The van der Waals surface area contributed by atoms with E-state index in [1.807, 2.05) is 0 Å². The van der Waals surface area contributed by atoms with Crippen molar-refractivity contribution in [1.82, 2.24) is 0 Å². The van der Waals surface area contributed by atoms with Crippen LogP contribution in [0, 0.1) is 17.0 Å². The van der Waals surface area contributed by atoms with E-state index in [4.69, 9.17) is 33.7 Å². The lowest BCUT2D eigenvalue weighted by Gasteiger charge is -2.10. The van der Waals surface area contributed by atoms with Gasteiger partial charge in [-0.3, -0.25) is 14.9 Å². The number of esters is 1. The first kappa shape index (κ1) is 19.5. The van der Waals surface area contributed by atoms with Crippen molar-refractivity contribution in [3.8, 4) is 0 Å². The number of nitrogens with zero attached hydrogens (tertiary/aromatic N) is 1. The molecule has 0 fully saturated rings. The maximum atomic E-state index is 12.0. The zero-order chi connectivity index (χ0) is 19.4. The van der Waals surface area contributed by atoms with Crippen LogP contribution >= 0.6 is 23.2 Å². The lowest BCUT2D eigenvalue weighted by Crippen LogP contribution is -2.21. The normalized spacial score (nSPS) is 10.3. The summed E-state index contributed by atoms with van der Waals surface area (Å²) in [6.45, 7) is 1.02. The highest BCUT2D eigenvalue weighted by atomic mass is 35.5. The number of ether oxygens (including phenoxy) is 1. The maximum Gasteiger partial charge on any atom is 0.340 e. The van der Waals surface area contributed by atoms with Crippen molar-refractivity contribution in [2.45, 2.75) is 6.92 Å². The smallest absolute Gasteiger partial charge is 0.340 e. The van der Waals surface area contributed by atoms with E-state index in [9.17, 15) is 19.7 Å². The molecule has 0 aliphatic carbocycles. The van der Waals surface area contributed by atoms with E-state index >= 15 is 0 Å². The van der Waals surface area contributed by atoms with Gasteiger partial charge in [0.15, 0.2) is 6.61 Å². The number of nitro groups is 1. The summed E-state index contributed by atoms with van der Waals surface area (Å²) in [5, 5.41) is 13.5. The first-order valence-electron chi connectivity index (χ1n) is 7.15. The van der Waals surface area contributed by atoms with Crippen LogP contribution in [0.5, 0.6) is 0 Å². The molecule has 0 spiro atoms. The van der Waals surface area contributed by atoms with Gasteiger partial charge < -0.3 is 15.8 Å². The predicted octanol–water partition coefficient (Wildman–Crippen LogP) is 3.59. The molecule has 0 saturated carbocycles. The quantitative estimate of drug-likeness (QED) is 0.343. The Morgan fingerprint density at radius 2 is 1.96 bits per heavy atom. The molecule has 0 aliphatic heterocycles. The van der Waals surface area contributed by atoms with Crippen LogP contribution in [0.2, 0.25) is 10.0 Å². The van der Waals surface area contributed by atoms with Gasteiger partial charge in [-0.2, -0.15) is 0 Å². The number of nitrogens with one attached hydrogen (secondary N) is 1. The minimum absolute atomic E-state index is 0.00677. The molecule has 0 saturated heterocycles. The van der Waals surface area contributed by atoms with Gasteiger partial charge in [-0.05, 0) is 30.7 Å². The summed E-state index contributed by atoms with van der Waals surface area (Å²) in [5.74, 6) is -1.48. The van der Waals surface area contributed by atoms with Gasteiger partial charge in [0.25, 0.3) is 11.6 Å². The third kappa shape index (κ3) is 4.62. The number of benzene rings is 2. The highest BCUT2D eigenvalue weighted by molar-refractivity contribution is 6.37. The number of non-ortho nitro benzene ring substituents is 1. The largest absolute Gasteiger partial charge is 0.452 e. The molecule has 0 aliphatic rings. The van der Waals surface area contributed by atoms with Crippen molar-refractivity contribution < 1.29 is 19.2 Å². The molecule has 26 heavy (non-hydrogen) atoms. The van der Waals surface area contributed by atoms with Crippen molar-refractivity contribution in [2.75, 3.05) is 17.7 Å². The third-order valence-electron chi connectivity index (χ3n) is 3.34. The fraction of sp³-hybridized carbons (Fsp3) is 0.125. The molecule has 2 rings (SSSR count). The number of anilines is 2. The molecule has 0 unspecified atom stereocenters. The number of amides is 1. The van der Waals surface area contributed by atoms with Crippen LogP contribution in [0.25, 0.3) is 0 Å². The number of halogens is 2. The number of hydrogen-bond donors (Lipinski definition) is 2. The molecule has 136 valence electrons. The molecule has 3 N–H and O–H groups in total. The molecule has 0 bridgehead atoms. The molecule has 10 heteroatoms. The van der Waals surface area contributed by atoms with Crippen LogP contribution in [0.15, 0.2) is 30.3 Å². The number of rotatable bonds is 5. The van der Waals surface area contributed by atoms with Gasteiger partial charge in [0.1, 0.15) is 0 Å². The van der Waals surface area contributed by atoms with Crippen molar-refractivity contribution in [2.24, 2.45) is 0 Å². The fourth-order valence-electron chi connectivity index (χ4n) is 2.05. The van der Waals surface area contributed by atoms with Crippen molar-refractivity contribution in [3.05, 3.63) is 61.6 Å². The number of nitro benzene ring substituents is 1. The minimum atomic E-state index is -0.859. The summed E-state index contributed by atoms with van der Waals surface area (Å²) in [5.41, 5.74) is 6.39. The van der Waals surface area contributed by atoms with Gasteiger partial charge in [0, 0.05) is 22.8 Å². The van der Waals surface area contributed by atoms with E-state index in [2.05, 4.69) is 5.32 Å². The summed E-state index contributed by atoms with van der Waals surface area (Å²) >= 11 is 11.7. The number of nitrogens with two attached hydrogens (primary N) is 1. The molecular formula is C16H13Cl2N3O5. The highest BCUT2D eigenvalue weighted by Crippen LogP contribution is 2.28. The molecule has 2 aromatic rings. The fourth-order valence-corrected chi connectivity index (χ4v) is 2.54. The Morgan fingerprint density at radius 1 is 1.27 bits per heavy atom. The zero-order valence-electron chi connectivity index (χ0n) is 13.4. The van der Waals surface area contributed by atoms with Gasteiger partial charge >= 0.3 is 5.97 Å². The number of hydrogen-bond acceptors (Lipinski definition) is 6. The average molecular weight is 398 g/mol. The van der Waals surface area contributed by atoms with Gasteiger partial charge in [0.2, 0.25) is 0 Å². The molecule has 0 atom stereocenters. The number of nitrogen functional groups attached to an aromatic ring is 1. The predicted molar refractivity (Wildman–Crippen MR) is 97.6 cm³/mol. The second-order valence-electron chi connectivity index (χ2n) is 5.23. The van der Waals surface area contributed by atoms with E-state index in [-0.39, 0.29) is 27.0 Å². The Labute approximate surface area is 158 Å². The summed E-state index contributed by atoms with van der Waals surface area (Å²) in [4.78, 5) is 34.1. The second kappa shape index (κ2) is 8.03. The zero-order valence-corrected chi connectivity index (χ0v) is 14.9. The lowest BCUT2D eigenvalue weighted by molar-refractivity contribution is -0.384. The molecule has 8 nitrogen and oxygen atoms in total. The Kier molecular flexibility index (Phi) is 6.01. The van der Waals surface area contributed by atoms with Crippen LogP contribution in [0.3, 0.4) is 0 Å². The second-order valence-corrected chi connectivity index (χ2v) is 6.07. The summed E-state index contributed by atoms with van der Waals surface area (Å²) in [6.07, 6.45) is 0. The average Bonchev–Trinajstić information content (AvgIpc) is 2.57. The standard InChI is InChI=1S/C16H13Cl2N3O5/c1-8-4-10(21(24)25)2-3-13(8)20-14(22)7-26-16(23)11-5-9(17)6-12(18)15(11)19/h2-6H,7,19H2,1H3,(H,20,22). The van der Waals surface area contributed by atoms with E-state index in [1.165, 1.54) is 30.3 Å². The lowest BCUT2D eigenvalue weighted by atomic mass is 10.2. The van der Waals surface area contributed by atoms with Crippen LogP contribution in [0.4, 0.5) is 17.1 Å². The van der Waals surface area contributed by atoms with E-state index in [0.717, 1.165) is 0 Å². The maximum absolute atomic E-state index is 12.0. The first-order chi connectivity index (χ1) is 12.2. The van der Waals surface area contributed by atoms with Crippen LogP contribution in [-0.4, -0.2) is 23.4 Å². The SMILES string of the molecule is Cc1cc([N+](=O)[O-])ccc1NC(=O)COC(=O)c1cc(Cl)cc(Cl)c1N. The van der Waals surface area contributed by atoms with Gasteiger partial charge in [-0.15, -0.1) is 0 Å². The van der Waals surface area contributed by atoms with Crippen LogP contribution in [0.1, 0.15) is 15.9 Å². The Balaban J connectivity index is 2.01. The molecule has 0 radical (unpaired) electrons. The summed E-state index contributed by atoms with van der Waals surface area (Å²) in [7, 11) is 0. The van der Waals surface area contributed by atoms with E-state index < -0.39 is 23.4 Å². The van der Waals surface area contributed by atoms with Crippen molar-refractivity contribution in [3.63, 3.8) is 0 Å². The number of carbonyl (C=O) groups excluding carboxylic acids is 2. The Hall–Kier alpha value is -2.84. The van der Waals surface area contributed by atoms with Crippen LogP contribution < -0.4 is 11.1 Å². The van der Waals surface area contributed by atoms with Crippen molar-refractivity contribution >= 4 is 52.1 Å².